The highest BCUT2D eigenvalue weighted by molar-refractivity contribution is 5.60. The predicted molar refractivity (Wildman–Crippen MR) is 37.6 cm³/mol. The van der Waals surface area contributed by atoms with E-state index in [1.54, 1.807) is 0 Å². The minimum Gasteiger partial charge on any atom is -0.303 e. The molecule has 0 unspecified atom stereocenters. The molecular formula is C8H12F2O. The van der Waals surface area contributed by atoms with E-state index in [0.717, 1.165) is 13.3 Å². The molecule has 0 aromatic carbocycles. The van der Waals surface area contributed by atoms with Crippen molar-refractivity contribution < 1.29 is 13.6 Å². The minimum absolute atomic E-state index is 0.274. The van der Waals surface area contributed by atoms with E-state index in [4.69, 9.17) is 0 Å². The van der Waals surface area contributed by atoms with Gasteiger partial charge in [-0.05, 0) is 19.8 Å². The number of carbonyl (C=O) groups excluding carboxylic acids is 1. The molecule has 1 aliphatic carbocycles. The predicted octanol–water partition coefficient (Wildman–Crippen LogP) is 2.40. The smallest absolute Gasteiger partial charge is 0.246 e. The lowest BCUT2D eigenvalue weighted by molar-refractivity contribution is -0.128. The van der Waals surface area contributed by atoms with Gasteiger partial charge in [-0.25, -0.2) is 8.78 Å². The standard InChI is InChI=1S/C8H12F2O/c1-7(9,10)5-8(6-11)3-2-4-8/h6H,2-5H2,1H3. The van der Waals surface area contributed by atoms with Crippen LogP contribution in [0.3, 0.4) is 0 Å². The molecule has 0 aromatic heterocycles. The van der Waals surface area contributed by atoms with Crippen LogP contribution in [0.2, 0.25) is 0 Å². The first-order chi connectivity index (χ1) is 4.97. The Labute approximate surface area is 64.8 Å². The Bertz CT molecular complexity index is 156. The van der Waals surface area contributed by atoms with E-state index in [2.05, 4.69) is 0 Å². The third-order valence-electron chi connectivity index (χ3n) is 2.26. The van der Waals surface area contributed by atoms with Gasteiger partial charge in [0.25, 0.3) is 0 Å². The summed E-state index contributed by atoms with van der Waals surface area (Å²) in [6.07, 6.45) is 2.62. The monoisotopic (exact) mass is 162 g/mol. The van der Waals surface area contributed by atoms with Gasteiger partial charge in [0.05, 0.1) is 0 Å². The van der Waals surface area contributed by atoms with Gasteiger partial charge < -0.3 is 4.79 Å². The molecule has 11 heavy (non-hydrogen) atoms. The van der Waals surface area contributed by atoms with E-state index in [9.17, 15) is 13.6 Å². The van der Waals surface area contributed by atoms with Crippen molar-refractivity contribution >= 4 is 6.29 Å². The van der Waals surface area contributed by atoms with Crippen LogP contribution in [0.1, 0.15) is 32.6 Å². The average Bonchev–Trinajstić information content (AvgIpc) is 1.77. The van der Waals surface area contributed by atoms with Crippen molar-refractivity contribution in [1.82, 2.24) is 0 Å². The second-order valence-corrected chi connectivity index (χ2v) is 3.58. The van der Waals surface area contributed by atoms with Crippen LogP contribution in [0, 0.1) is 5.41 Å². The topological polar surface area (TPSA) is 17.1 Å². The summed E-state index contributed by atoms with van der Waals surface area (Å²) in [7, 11) is 0. The number of carbonyl (C=O) groups is 1. The van der Waals surface area contributed by atoms with Crippen molar-refractivity contribution in [1.29, 1.82) is 0 Å². The van der Waals surface area contributed by atoms with Crippen LogP contribution < -0.4 is 0 Å². The van der Waals surface area contributed by atoms with Crippen molar-refractivity contribution in [2.75, 3.05) is 0 Å². The summed E-state index contributed by atoms with van der Waals surface area (Å²) in [6.45, 7) is 0.872. The quantitative estimate of drug-likeness (QED) is 0.582. The maximum atomic E-state index is 12.5. The first kappa shape index (κ1) is 8.62. The fourth-order valence-electron chi connectivity index (χ4n) is 1.59. The molecule has 0 aliphatic heterocycles. The van der Waals surface area contributed by atoms with Crippen LogP contribution >= 0.6 is 0 Å². The Balaban J connectivity index is 2.51. The number of halogens is 2. The highest BCUT2D eigenvalue weighted by Gasteiger charge is 2.43. The van der Waals surface area contributed by atoms with Crippen LogP contribution in [-0.4, -0.2) is 12.2 Å². The van der Waals surface area contributed by atoms with Crippen LogP contribution in [0.25, 0.3) is 0 Å². The molecule has 1 rings (SSSR count). The van der Waals surface area contributed by atoms with Crippen molar-refractivity contribution in [3.63, 3.8) is 0 Å². The van der Waals surface area contributed by atoms with Gasteiger partial charge in [-0.2, -0.15) is 0 Å². The molecule has 0 atom stereocenters. The Morgan fingerprint density at radius 3 is 2.18 bits per heavy atom. The molecule has 0 saturated heterocycles. The van der Waals surface area contributed by atoms with Crippen molar-refractivity contribution in [2.45, 2.75) is 38.5 Å². The molecule has 1 nitrogen and oxygen atoms in total. The van der Waals surface area contributed by atoms with Crippen LogP contribution in [0.4, 0.5) is 8.78 Å². The normalized spacial score (nSPS) is 22.5. The van der Waals surface area contributed by atoms with Gasteiger partial charge in [0, 0.05) is 11.8 Å². The third kappa shape index (κ3) is 1.98. The molecule has 1 saturated carbocycles. The summed E-state index contributed by atoms with van der Waals surface area (Å²) in [5.41, 5.74) is -0.682. The van der Waals surface area contributed by atoms with Gasteiger partial charge in [-0.15, -0.1) is 0 Å². The first-order valence-electron chi connectivity index (χ1n) is 3.82. The van der Waals surface area contributed by atoms with Crippen molar-refractivity contribution in [3.8, 4) is 0 Å². The number of hydrogen-bond acceptors (Lipinski definition) is 1. The maximum absolute atomic E-state index is 12.5. The molecule has 0 radical (unpaired) electrons. The molecule has 0 heterocycles. The lowest BCUT2D eigenvalue weighted by atomic mass is 9.67. The number of rotatable bonds is 3. The van der Waals surface area contributed by atoms with E-state index in [1.807, 2.05) is 0 Å². The summed E-state index contributed by atoms with van der Waals surface area (Å²) in [5, 5.41) is 0. The molecule has 1 aliphatic rings. The first-order valence-corrected chi connectivity index (χ1v) is 3.82. The van der Waals surface area contributed by atoms with E-state index in [1.165, 1.54) is 0 Å². The minimum atomic E-state index is -2.69. The fraction of sp³-hybridized carbons (Fsp3) is 0.875. The highest BCUT2D eigenvalue weighted by atomic mass is 19.3. The molecule has 64 valence electrons. The maximum Gasteiger partial charge on any atom is 0.246 e. The summed E-state index contributed by atoms with van der Waals surface area (Å²) in [5.74, 6) is -2.69. The Morgan fingerprint density at radius 2 is 2.09 bits per heavy atom. The fourth-order valence-corrected chi connectivity index (χ4v) is 1.59. The molecule has 0 amide bonds. The largest absolute Gasteiger partial charge is 0.303 e. The number of aldehydes is 1. The lowest BCUT2D eigenvalue weighted by Gasteiger charge is -2.38. The van der Waals surface area contributed by atoms with Crippen molar-refractivity contribution in [3.05, 3.63) is 0 Å². The van der Waals surface area contributed by atoms with E-state index in [0.29, 0.717) is 19.1 Å². The zero-order valence-electron chi connectivity index (χ0n) is 6.57. The van der Waals surface area contributed by atoms with Gasteiger partial charge in [-0.3, -0.25) is 0 Å². The average molecular weight is 162 g/mol. The van der Waals surface area contributed by atoms with Gasteiger partial charge in [0.15, 0.2) is 0 Å². The van der Waals surface area contributed by atoms with Gasteiger partial charge >= 0.3 is 0 Å². The summed E-state index contributed by atoms with van der Waals surface area (Å²) < 4.78 is 24.9. The molecule has 0 bridgehead atoms. The van der Waals surface area contributed by atoms with Crippen molar-refractivity contribution in [2.24, 2.45) is 5.41 Å². The van der Waals surface area contributed by atoms with E-state index >= 15 is 0 Å². The number of hydrogen-bond donors (Lipinski definition) is 0. The molecule has 0 aromatic rings. The Kier molecular flexibility index (Phi) is 1.99. The van der Waals surface area contributed by atoms with Gasteiger partial charge in [0.2, 0.25) is 5.92 Å². The zero-order valence-corrected chi connectivity index (χ0v) is 6.57. The van der Waals surface area contributed by atoms with Crippen LogP contribution in [0.5, 0.6) is 0 Å². The highest BCUT2D eigenvalue weighted by Crippen LogP contribution is 2.46. The second-order valence-electron chi connectivity index (χ2n) is 3.58. The molecule has 0 N–H and O–H groups in total. The molecule has 0 spiro atoms. The van der Waals surface area contributed by atoms with Crippen LogP contribution in [0.15, 0.2) is 0 Å². The second kappa shape index (κ2) is 2.54. The zero-order chi connectivity index (χ0) is 8.54. The summed E-state index contributed by atoms with van der Waals surface area (Å²) in [6, 6.07) is 0. The number of alkyl halides is 2. The Morgan fingerprint density at radius 1 is 1.55 bits per heavy atom. The summed E-state index contributed by atoms with van der Waals surface area (Å²) >= 11 is 0. The van der Waals surface area contributed by atoms with E-state index < -0.39 is 11.3 Å². The molecular weight excluding hydrogens is 150 g/mol. The molecule has 1 fully saturated rings. The lowest BCUT2D eigenvalue weighted by Crippen LogP contribution is -2.36. The third-order valence-corrected chi connectivity index (χ3v) is 2.26. The molecule has 3 heteroatoms. The summed E-state index contributed by atoms with van der Waals surface area (Å²) in [4.78, 5) is 10.5. The SMILES string of the molecule is CC(F)(F)CC1(C=O)CCC1. The van der Waals surface area contributed by atoms with Crippen LogP contribution in [-0.2, 0) is 4.79 Å². The van der Waals surface area contributed by atoms with Gasteiger partial charge in [0.1, 0.15) is 6.29 Å². The van der Waals surface area contributed by atoms with Gasteiger partial charge in [-0.1, -0.05) is 6.42 Å². The van der Waals surface area contributed by atoms with E-state index in [-0.39, 0.29) is 6.42 Å². The Hall–Kier alpha value is -0.470.